The zero-order valence-electron chi connectivity index (χ0n) is 53.1. The Morgan fingerprint density at radius 2 is 0.940 bits per heavy atom. The van der Waals surface area contributed by atoms with Gasteiger partial charge in [0.15, 0.2) is 0 Å². The van der Waals surface area contributed by atoms with Crippen LogP contribution in [0, 0.1) is 6.92 Å². The molecule has 0 spiro atoms. The maximum absolute atomic E-state index is 7.84. The van der Waals surface area contributed by atoms with Gasteiger partial charge in [-0.1, -0.05) is 177 Å². The summed E-state index contributed by atoms with van der Waals surface area (Å²) in [5.41, 5.74) is 28.8. The van der Waals surface area contributed by atoms with Crippen LogP contribution in [0.15, 0.2) is 162 Å². The number of hydrogen-bond acceptors (Lipinski definition) is 4. The van der Waals surface area contributed by atoms with Crippen molar-refractivity contribution in [1.82, 2.24) is 0 Å². The number of aryl methyl sites for hydroxylation is 1. The molecular weight excluding hydrogens is 1020 g/mol. The van der Waals surface area contributed by atoms with Crippen molar-refractivity contribution in [2.75, 3.05) is 14.7 Å². The van der Waals surface area contributed by atoms with Gasteiger partial charge in [0.25, 0.3) is 6.71 Å². The molecule has 5 heteroatoms. The van der Waals surface area contributed by atoms with Crippen molar-refractivity contribution in [3.63, 3.8) is 0 Å². The number of benzene rings is 8. The Bertz CT molecular complexity index is 4110. The van der Waals surface area contributed by atoms with E-state index < -0.39 is 0 Å². The van der Waals surface area contributed by atoms with E-state index >= 15 is 0 Å². The van der Waals surface area contributed by atoms with E-state index in [1.807, 2.05) is 0 Å². The number of para-hydroxylation sites is 2. The SMILES string of the molecule is Cc1cc2c3c(c1)N(c1ccc4c(c1)C(C)(C)CCC4(C)C)c1c(oc4cc5c(cc14)C(C)(C)CCC5(C)C)B3c1ccc(N(c3ccccc3)c3ccccc3)cc1N2c1cc2c(cc1-c1ccc(C(C)(C)C)cc1)C(C)(C)CCC2(C)C. The Balaban J connectivity index is 1.12. The first kappa shape index (κ1) is 54.7. The molecule has 3 aliphatic carbocycles. The third-order valence-electron chi connectivity index (χ3n) is 21.4. The Morgan fingerprint density at radius 3 is 1.50 bits per heavy atom. The summed E-state index contributed by atoms with van der Waals surface area (Å²) in [6.45, 7) is 38.6. The highest BCUT2D eigenvalue weighted by molar-refractivity contribution is 7.00. The van der Waals surface area contributed by atoms with E-state index in [9.17, 15) is 0 Å². The van der Waals surface area contributed by atoms with Gasteiger partial charge in [0.05, 0.1) is 17.0 Å². The van der Waals surface area contributed by atoms with Gasteiger partial charge in [-0.15, -0.1) is 0 Å². The van der Waals surface area contributed by atoms with E-state index in [1.165, 1.54) is 107 Å². The minimum atomic E-state index is -0.218. The van der Waals surface area contributed by atoms with Crippen molar-refractivity contribution in [3.05, 3.63) is 202 Å². The van der Waals surface area contributed by atoms with Crippen LogP contribution in [0.25, 0.3) is 22.1 Å². The maximum atomic E-state index is 7.84. The van der Waals surface area contributed by atoms with Crippen molar-refractivity contribution in [2.24, 2.45) is 0 Å². The lowest BCUT2D eigenvalue weighted by molar-refractivity contribution is 0.332. The van der Waals surface area contributed by atoms with Gasteiger partial charge in [-0.25, -0.2) is 0 Å². The molecule has 8 aromatic carbocycles. The number of nitrogens with zero attached hydrogens (tertiary/aromatic N) is 3. The molecule has 2 aliphatic heterocycles. The van der Waals surface area contributed by atoms with Crippen LogP contribution in [0.4, 0.5) is 51.2 Å². The number of hydrogen-bond donors (Lipinski definition) is 0. The largest absolute Gasteiger partial charge is 0.468 e. The van der Waals surface area contributed by atoms with Crippen LogP contribution in [0.2, 0.25) is 0 Å². The fourth-order valence-corrected chi connectivity index (χ4v) is 15.8. The molecule has 0 unspecified atom stereocenters. The Hall–Kier alpha value is -7.24. The number of furan rings is 1. The van der Waals surface area contributed by atoms with Crippen LogP contribution in [-0.2, 0) is 37.9 Å². The first-order valence-corrected chi connectivity index (χ1v) is 31.5. The van der Waals surface area contributed by atoms with Gasteiger partial charge < -0.3 is 19.1 Å². The van der Waals surface area contributed by atoms with E-state index in [4.69, 9.17) is 4.42 Å². The van der Waals surface area contributed by atoms with Gasteiger partial charge in [-0.05, 0) is 229 Å². The van der Waals surface area contributed by atoms with Gasteiger partial charge in [0.1, 0.15) is 5.58 Å². The van der Waals surface area contributed by atoms with Gasteiger partial charge in [0.2, 0.25) is 0 Å². The normalized spacial score (nSPS) is 18.9. The van der Waals surface area contributed by atoms with E-state index in [1.54, 1.807) is 0 Å². The molecule has 5 aliphatic rings. The highest BCUT2D eigenvalue weighted by Gasteiger charge is 2.50. The highest BCUT2D eigenvalue weighted by Crippen LogP contribution is 2.57. The Morgan fingerprint density at radius 1 is 0.440 bits per heavy atom. The minimum absolute atomic E-state index is 0.00355. The highest BCUT2D eigenvalue weighted by atomic mass is 16.3. The lowest BCUT2D eigenvalue weighted by Gasteiger charge is -2.46. The first-order valence-electron chi connectivity index (χ1n) is 31.5. The third kappa shape index (κ3) is 8.42. The van der Waals surface area contributed by atoms with Crippen LogP contribution < -0.4 is 31.3 Å². The molecular formula is C79H86BN3O. The van der Waals surface area contributed by atoms with E-state index in [-0.39, 0.29) is 44.6 Å². The maximum Gasteiger partial charge on any atom is 0.297 e. The quantitative estimate of drug-likeness (QED) is 0.155. The summed E-state index contributed by atoms with van der Waals surface area (Å²) < 4.78 is 7.84. The standard InChI is InChI=1S/C79H86BN3O/c1-49-41-67-70-68(42-49)83(65-47-62-60(76(9,10)37-39-78(62,13)14)45-56(65)50-27-29-51(30-28-50)73(2,3)4)66-44-55(81(52-23-19-17-20-24-52)53-25-21-18-22-26-53)32-34-64(66)80(70)72-71(57-46-61-63(48-69(57)84-72)79(15,16)40-38-77(61,11)12)82(67)54-31-33-58-59(43-54)75(7,8)36-35-74(58,5)6/h17-34,41-48H,35-40H2,1-16H3. The zero-order valence-corrected chi connectivity index (χ0v) is 53.1. The van der Waals surface area contributed by atoms with E-state index in [0.717, 1.165) is 66.1 Å². The first-order chi connectivity index (χ1) is 39.6. The summed E-state index contributed by atoms with van der Waals surface area (Å²) in [6.07, 6.45) is 6.84. The summed E-state index contributed by atoms with van der Waals surface area (Å²) in [7, 11) is 0. The summed E-state index contributed by atoms with van der Waals surface area (Å²) in [6, 6.07) is 61.5. The minimum Gasteiger partial charge on any atom is -0.468 e. The molecule has 426 valence electrons. The van der Waals surface area contributed by atoms with Gasteiger partial charge in [0, 0.05) is 50.8 Å². The summed E-state index contributed by atoms with van der Waals surface area (Å²) in [4.78, 5) is 7.79. The molecule has 0 radical (unpaired) electrons. The van der Waals surface area contributed by atoms with Gasteiger partial charge >= 0.3 is 0 Å². The molecule has 0 bridgehead atoms. The molecule has 0 N–H and O–H groups in total. The lowest BCUT2D eigenvalue weighted by atomic mass is 9.35. The second-order valence-corrected chi connectivity index (χ2v) is 31.1. The topological polar surface area (TPSA) is 22.9 Å². The predicted molar refractivity (Wildman–Crippen MR) is 360 cm³/mol. The second kappa shape index (κ2) is 18.4. The van der Waals surface area contributed by atoms with Gasteiger partial charge in [-0.3, -0.25) is 0 Å². The number of fused-ring (bicyclic) bond motifs is 9. The van der Waals surface area contributed by atoms with Crippen LogP contribution in [0.3, 0.4) is 0 Å². The Kier molecular flexibility index (Phi) is 12.0. The van der Waals surface area contributed by atoms with Crippen LogP contribution in [-0.4, -0.2) is 6.71 Å². The molecule has 9 aromatic rings. The lowest BCUT2D eigenvalue weighted by Crippen LogP contribution is -2.61. The molecule has 1 aromatic heterocycles. The zero-order chi connectivity index (χ0) is 59.0. The predicted octanol–water partition coefficient (Wildman–Crippen LogP) is 20.3. The van der Waals surface area contributed by atoms with Crippen LogP contribution in [0.5, 0.6) is 0 Å². The molecule has 0 fully saturated rings. The van der Waals surface area contributed by atoms with Crippen LogP contribution in [0.1, 0.15) is 187 Å². The van der Waals surface area contributed by atoms with Gasteiger partial charge in [-0.2, -0.15) is 0 Å². The average Bonchev–Trinajstić information content (AvgIpc) is 1.31. The monoisotopic (exact) mass is 1100 g/mol. The molecule has 0 atom stereocenters. The van der Waals surface area contributed by atoms with E-state index in [2.05, 4.69) is 283 Å². The second-order valence-electron chi connectivity index (χ2n) is 31.1. The molecule has 84 heavy (non-hydrogen) atoms. The van der Waals surface area contributed by atoms with Crippen molar-refractivity contribution < 1.29 is 4.42 Å². The summed E-state index contributed by atoms with van der Waals surface area (Å²) >= 11 is 0. The average molecular weight is 1100 g/mol. The fraction of sp³-hybridized carbons (Fsp3) is 0.367. The van der Waals surface area contributed by atoms with E-state index in [0.29, 0.717) is 0 Å². The summed E-state index contributed by atoms with van der Waals surface area (Å²) in [5.74, 6) is 0. The molecule has 0 saturated carbocycles. The third-order valence-corrected chi connectivity index (χ3v) is 21.4. The molecule has 3 heterocycles. The molecule has 0 amide bonds. The Labute approximate surface area is 502 Å². The smallest absolute Gasteiger partial charge is 0.297 e. The van der Waals surface area contributed by atoms with Crippen molar-refractivity contribution in [1.29, 1.82) is 0 Å². The van der Waals surface area contributed by atoms with Crippen molar-refractivity contribution in [3.8, 4) is 11.1 Å². The molecule has 0 saturated heterocycles. The number of anilines is 9. The summed E-state index contributed by atoms with van der Waals surface area (Å²) in [5, 5.41) is 1.20. The molecule has 4 nitrogen and oxygen atoms in total. The van der Waals surface area contributed by atoms with Crippen LogP contribution >= 0.6 is 0 Å². The fourth-order valence-electron chi connectivity index (χ4n) is 15.8. The number of rotatable bonds is 6. The van der Waals surface area contributed by atoms with Crippen molar-refractivity contribution in [2.45, 2.75) is 187 Å². The van der Waals surface area contributed by atoms with Crippen molar-refractivity contribution >= 4 is 85.5 Å². The molecule has 14 rings (SSSR count).